The average molecular weight is 476 g/mol. The van der Waals surface area contributed by atoms with Crippen LogP contribution >= 0.6 is 0 Å². The fourth-order valence-electron chi connectivity index (χ4n) is 4.07. The van der Waals surface area contributed by atoms with Crippen molar-refractivity contribution < 1.29 is 27.6 Å². The van der Waals surface area contributed by atoms with Gasteiger partial charge in [0.05, 0.1) is 15.9 Å². The van der Waals surface area contributed by atoms with Gasteiger partial charge in [0.1, 0.15) is 0 Å². The van der Waals surface area contributed by atoms with E-state index < -0.39 is 14.9 Å². The highest BCUT2D eigenvalue weighted by molar-refractivity contribution is 7.89. The molecule has 2 aromatic carbocycles. The lowest BCUT2D eigenvalue weighted by atomic mass is 9.96. The highest BCUT2D eigenvalue weighted by atomic mass is 32.2. The average Bonchev–Trinajstić information content (AvgIpc) is 3.27. The SMILES string of the molecule is Cc1ccc([N+](=O)[O-])cc1S(=O)(=O)N1CCC(C(=O)NC(C)c2ccc3c(c2)OCO3)CC1. The van der Waals surface area contributed by atoms with Crippen molar-refractivity contribution in [2.24, 2.45) is 5.92 Å². The Kier molecular flexibility index (Phi) is 6.26. The number of hydrogen-bond donors (Lipinski definition) is 1. The van der Waals surface area contributed by atoms with Crippen molar-refractivity contribution in [1.29, 1.82) is 0 Å². The lowest BCUT2D eigenvalue weighted by molar-refractivity contribution is -0.385. The van der Waals surface area contributed by atoms with Crippen molar-refractivity contribution in [2.75, 3.05) is 19.9 Å². The second-order valence-electron chi connectivity index (χ2n) is 8.23. The number of sulfonamides is 1. The number of nitro groups is 1. The van der Waals surface area contributed by atoms with E-state index in [0.717, 1.165) is 11.6 Å². The summed E-state index contributed by atoms with van der Waals surface area (Å²) in [5.74, 6) is 0.858. The molecule has 0 bridgehead atoms. The molecule has 11 heteroatoms. The number of fused-ring (bicyclic) bond motifs is 1. The van der Waals surface area contributed by atoms with Gasteiger partial charge in [-0.25, -0.2) is 8.42 Å². The molecule has 1 atom stereocenters. The third-order valence-electron chi connectivity index (χ3n) is 6.08. The number of aryl methyl sites for hydroxylation is 1. The van der Waals surface area contributed by atoms with Gasteiger partial charge in [0, 0.05) is 31.1 Å². The minimum Gasteiger partial charge on any atom is -0.454 e. The Morgan fingerprint density at radius 2 is 1.85 bits per heavy atom. The van der Waals surface area contributed by atoms with Crippen molar-refractivity contribution in [3.05, 3.63) is 57.6 Å². The van der Waals surface area contributed by atoms with Gasteiger partial charge in [-0.3, -0.25) is 14.9 Å². The number of ether oxygens (including phenoxy) is 2. The largest absolute Gasteiger partial charge is 0.454 e. The zero-order valence-corrected chi connectivity index (χ0v) is 19.1. The first-order valence-electron chi connectivity index (χ1n) is 10.6. The van der Waals surface area contributed by atoms with Crippen LogP contribution in [0, 0.1) is 23.0 Å². The van der Waals surface area contributed by atoms with Crippen LogP contribution in [-0.4, -0.2) is 43.4 Å². The summed E-state index contributed by atoms with van der Waals surface area (Å²) in [6.45, 7) is 3.99. The number of benzene rings is 2. The molecule has 1 N–H and O–H groups in total. The molecule has 33 heavy (non-hydrogen) atoms. The standard InChI is InChI=1S/C22H25N3O7S/c1-14-3-5-18(25(27)28)12-21(14)33(29,30)24-9-7-16(8-10-24)22(26)23-15(2)17-4-6-19-20(11-17)32-13-31-19/h3-6,11-12,15-16H,7-10,13H2,1-2H3,(H,23,26). The van der Waals surface area contributed by atoms with Crippen LogP contribution in [0.3, 0.4) is 0 Å². The summed E-state index contributed by atoms with van der Waals surface area (Å²) in [6.07, 6.45) is 0.736. The van der Waals surface area contributed by atoms with E-state index in [1.807, 2.05) is 19.1 Å². The molecule has 0 radical (unpaired) electrons. The molecule has 2 aliphatic rings. The molecule has 4 rings (SSSR count). The fourth-order valence-corrected chi connectivity index (χ4v) is 5.79. The first-order valence-corrected chi connectivity index (χ1v) is 12.1. The molecule has 0 aliphatic carbocycles. The van der Waals surface area contributed by atoms with E-state index in [1.165, 1.54) is 16.4 Å². The molecule has 2 aromatic rings. The van der Waals surface area contributed by atoms with Gasteiger partial charge >= 0.3 is 0 Å². The number of amides is 1. The molecular formula is C22H25N3O7S. The van der Waals surface area contributed by atoms with Crippen molar-refractivity contribution in [1.82, 2.24) is 9.62 Å². The van der Waals surface area contributed by atoms with E-state index in [9.17, 15) is 23.3 Å². The number of nitro benzene ring substituents is 1. The molecule has 0 saturated carbocycles. The van der Waals surface area contributed by atoms with E-state index in [1.54, 1.807) is 13.0 Å². The molecule has 10 nitrogen and oxygen atoms in total. The Balaban J connectivity index is 1.38. The van der Waals surface area contributed by atoms with Gasteiger partial charge in [0.15, 0.2) is 11.5 Å². The Morgan fingerprint density at radius 3 is 2.55 bits per heavy atom. The van der Waals surface area contributed by atoms with Crippen LogP contribution in [0.5, 0.6) is 11.5 Å². The van der Waals surface area contributed by atoms with Gasteiger partial charge in [-0.2, -0.15) is 4.31 Å². The lowest BCUT2D eigenvalue weighted by Gasteiger charge is -2.31. The van der Waals surface area contributed by atoms with E-state index in [4.69, 9.17) is 9.47 Å². The highest BCUT2D eigenvalue weighted by Crippen LogP contribution is 2.34. The summed E-state index contributed by atoms with van der Waals surface area (Å²) in [5, 5.41) is 14.1. The molecule has 176 valence electrons. The minimum absolute atomic E-state index is 0.0731. The van der Waals surface area contributed by atoms with Gasteiger partial charge < -0.3 is 14.8 Å². The molecular weight excluding hydrogens is 450 g/mol. The van der Waals surface area contributed by atoms with E-state index in [2.05, 4.69) is 5.32 Å². The number of hydrogen-bond acceptors (Lipinski definition) is 7. The zero-order valence-electron chi connectivity index (χ0n) is 18.3. The Morgan fingerprint density at radius 1 is 1.15 bits per heavy atom. The number of carbonyl (C=O) groups is 1. The van der Waals surface area contributed by atoms with Crippen LogP contribution in [0.15, 0.2) is 41.3 Å². The van der Waals surface area contributed by atoms with Crippen LogP contribution < -0.4 is 14.8 Å². The Hall–Kier alpha value is -3.18. The Bertz CT molecular complexity index is 1190. The van der Waals surface area contributed by atoms with E-state index >= 15 is 0 Å². The summed E-state index contributed by atoms with van der Waals surface area (Å²) < 4.78 is 38.2. The number of non-ortho nitro benzene ring substituents is 1. The maximum atomic E-state index is 13.1. The van der Waals surface area contributed by atoms with Crippen molar-refractivity contribution in [3.63, 3.8) is 0 Å². The molecule has 2 aliphatic heterocycles. The summed E-state index contributed by atoms with van der Waals surface area (Å²) >= 11 is 0. The molecule has 2 heterocycles. The number of rotatable bonds is 6. The van der Waals surface area contributed by atoms with Crippen LogP contribution in [0.2, 0.25) is 0 Å². The summed E-state index contributed by atoms with van der Waals surface area (Å²) in [4.78, 5) is 23.2. The van der Waals surface area contributed by atoms with Gasteiger partial charge in [-0.15, -0.1) is 0 Å². The predicted molar refractivity (Wildman–Crippen MR) is 118 cm³/mol. The maximum absolute atomic E-state index is 13.1. The maximum Gasteiger partial charge on any atom is 0.270 e. The van der Waals surface area contributed by atoms with E-state index in [0.29, 0.717) is 29.9 Å². The molecule has 0 aromatic heterocycles. The third kappa shape index (κ3) is 4.64. The van der Waals surface area contributed by atoms with Gasteiger partial charge in [-0.05, 0) is 49.9 Å². The normalized spacial score (nSPS) is 17.5. The molecule has 1 amide bonds. The second kappa shape index (κ2) is 8.99. The monoisotopic (exact) mass is 475 g/mol. The smallest absolute Gasteiger partial charge is 0.270 e. The quantitative estimate of drug-likeness (QED) is 0.502. The van der Waals surface area contributed by atoms with Gasteiger partial charge in [0.25, 0.3) is 5.69 Å². The summed E-state index contributed by atoms with van der Waals surface area (Å²) in [5.41, 5.74) is 1.05. The topological polar surface area (TPSA) is 128 Å². The highest BCUT2D eigenvalue weighted by Gasteiger charge is 2.34. The summed E-state index contributed by atoms with van der Waals surface area (Å²) in [6, 6.07) is 9.07. The lowest BCUT2D eigenvalue weighted by Crippen LogP contribution is -2.43. The van der Waals surface area contributed by atoms with Crippen molar-refractivity contribution >= 4 is 21.6 Å². The Labute approximate surface area is 191 Å². The number of nitrogens with one attached hydrogen (secondary N) is 1. The first kappa shape index (κ1) is 23.0. The number of nitrogens with zero attached hydrogens (tertiary/aromatic N) is 2. The van der Waals surface area contributed by atoms with Crippen LogP contribution in [0.4, 0.5) is 5.69 Å². The third-order valence-corrected chi connectivity index (χ3v) is 8.12. The predicted octanol–water partition coefficient (Wildman–Crippen LogP) is 2.91. The number of carbonyl (C=O) groups excluding carboxylic acids is 1. The zero-order chi connectivity index (χ0) is 23.8. The van der Waals surface area contributed by atoms with Crippen molar-refractivity contribution in [2.45, 2.75) is 37.6 Å². The fraction of sp³-hybridized carbons (Fsp3) is 0.409. The minimum atomic E-state index is -3.90. The molecule has 1 saturated heterocycles. The van der Waals surface area contributed by atoms with Crippen molar-refractivity contribution in [3.8, 4) is 11.5 Å². The first-order chi connectivity index (χ1) is 15.7. The van der Waals surface area contributed by atoms with Gasteiger partial charge in [0.2, 0.25) is 22.7 Å². The number of piperidine rings is 1. The second-order valence-corrected chi connectivity index (χ2v) is 10.1. The van der Waals surface area contributed by atoms with Gasteiger partial charge in [-0.1, -0.05) is 12.1 Å². The van der Waals surface area contributed by atoms with Crippen LogP contribution in [0.1, 0.15) is 36.9 Å². The summed E-state index contributed by atoms with van der Waals surface area (Å²) in [7, 11) is -3.90. The van der Waals surface area contributed by atoms with Crippen LogP contribution in [-0.2, 0) is 14.8 Å². The van der Waals surface area contributed by atoms with E-state index in [-0.39, 0.29) is 48.3 Å². The molecule has 1 unspecified atom stereocenters. The molecule has 0 spiro atoms. The molecule has 1 fully saturated rings. The van der Waals surface area contributed by atoms with Crippen LogP contribution in [0.25, 0.3) is 0 Å².